The molecule has 0 saturated carbocycles. The molecule has 2 aromatic heterocycles. The van der Waals surface area contributed by atoms with E-state index in [1.165, 1.54) is 11.0 Å². The molecule has 2 heterocycles. The highest BCUT2D eigenvalue weighted by molar-refractivity contribution is 6.06. The van der Waals surface area contributed by atoms with Crippen molar-refractivity contribution in [1.82, 2.24) is 24.8 Å². The van der Waals surface area contributed by atoms with Crippen molar-refractivity contribution in [2.75, 3.05) is 0 Å². The Morgan fingerprint density at radius 2 is 2.00 bits per heavy atom. The first-order chi connectivity index (χ1) is 7.08. The Balaban J connectivity index is 2.36. The smallest absolute Gasteiger partial charge is 0.235 e. The van der Waals surface area contributed by atoms with Gasteiger partial charge in [0.05, 0.1) is 6.20 Å². The number of hydrogen-bond acceptors (Lipinski definition) is 4. The largest absolute Gasteiger partial charge is 0.285 e. The van der Waals surface area contributed by atoms with Gasteiger partial charge in [0.15, 0.2) is 5.69 Å². The van der Waals surface area contributed by atoms with Crippen LogP contribution in [0.4, 0.5) is 0 Å². The number of carbonyl (C=O) groups excluding carboxylic acids is 1. The summed E-state index contributed by atoms with van der Waals surface area (Å²) in [6.45, 7) is 1.89. The van der Waals surface area contributed by atoms with Gasteiger partial charge in [-0.15, -0.1) is 0 Å². The van der Waals surface area contributed by atoms with Crippen molar-refractivity contribution in [3.8, 4) is 0 Å². The van der Waals surface area contributed by atoms with E-state index in [0.29, 0.717) is 11.4 Å². The maximum Gasteiger partial charge on any atom is 0.235 e. The molecule has 0 aromatic carbocycles. The molecule has 0 fully saturated rings. The van der Waals surface area contributed by atoms with E-state index < -0.39 is 0 Å². The molecule has 0 bridgehead atoms. The van der Waals surface area contributed by atoms with E-state index in [1.54, 1.807) is 24.8 Å². The van der Waals surface area contributed by atoms with Crippen LogP contribution in [0.1, 0.15) is 21.9 Å². The second-order valence-corrected chi connectivity index (χ2v) is 3.34. The van der Waals surface area contributed by atoms with Gasteiger partial charge in [-0.3, -0.25) is 9.48 Å². The Morgan fingerprint density at radius 1 is 1.27 bits per heavy atom. The molecule has 0 saturated heterocycles. The first-order valence-electron chi connectivity index (χ1n) is 4.49. The summed E-state index contributed by atoms with van der Waals surface area (Å²) < 4.78 is 1.66. The number of aromatic nitrogens is 5. The van der Waals surface area contributed by atoms with E-state index in [2.05, 4.69) is 15.3 Å². The minimum atomic E-state index is -0.202. The standard InChI is InChI=1S/C9H11N5O/c1-6-4-7(11-13(6)2)9(15)8-5-10-14(3)12-8/h4-5H,1-3H3. The summed E-state index contributed by atoms with van der Waals surface area (Å²) in [5, 5.41) is 11.9. The highest BCUT2D eigenvalue weighted by atomic mass is 16.1. The summed E-state index contributed by atoms with van der Waals surface area (Å²) in [6, 6.07) is 1.73. The number of aryl methyl sites for hydroxylation is 3. The Morgan fingerprint density at radius 3 is 2.47 bits per heavy atom. The third-order valence-corrected chi connectivity index (χ3v) is 2.18. The maximum atomic E-state index is 11.8. The summed E-state index contributed by atoms with van der Waals surface area (Å²) in [6.07, 6.45) is 1.44. The van der Waals surface area contributed by atoms with Crippen molar-refractivity contribution in [2.24, 2.45) is 14.1 Å². The molecule has 0 radical (unpaired) electrons. The zero-order valence-electron chi connectivity index (χ0n) is 8.80. The summed E-state index contributed by atoms with van der Waals surface area (Å²) in [5.74, 6) is -0.202. The molecule has 6 nitrogen and oxygen atoms in total. The summed E-state index contributed by atoms with van der Waals surface area (Å²) >= 11 is 0. The Labute approximate surface area is 86.5 Å². The van der Waals surface area contributed by atoms with E-state index in [9.17, 15) is 4.79 Å². The average molecular weight is 205 g/mol. The fraction of sp³-hybridized carbons (Fsp3) is 0.333. The van der Waals surface area contributed by atoms with E-state index in [0.717, 1.165) is 5.69 Å². The van der Waals surface area contributed by atoms with E-state index in [-0.39, 0.29) is 5.78 Å². The van der Waals surface area contributed by atoms with Crippen molar-refractivity contribution in [2.45, 2.75) is 6.92 Å². The van der Waals surface area contributed by atoms with E-state index in [4.69, 9.17) is 0 Å². The average Bonchev–Trinajstić information content (AvgIpc) is 2.74. The third kappa shape index (κ3) is 1.65. The van der Waals surface area contributed by atoms with Gasteiger partial charge in [0.1, 0.15) is 5.69 Å². The van der Waals surface area contributed by atoms with Crippen LogP contribution in [0, 0.1) is 6.92 Å². The predicted octanol–water partition coefficient (Wildman–Crippen LogP) is 0.0880. The second-order valence-electron chi connectivity index (χ2n) is 3.34. The van der Waals surface area contributed by atoms with Crippen LogP contribution in [-0.4, -0.2) is 30.6 Å². The highest BCUT2D eigenvalue weighted by Crippen LogP contribution is 2.06. The molecular formula is C9H11N5O. The lowest BCUT2D eigenvalue weighted by molar-refractivity contribution is 0.102. The number of ketones is 1. The lowest BCUT2D eigenvalue weighted by atomic mass is 10.2. The van der Waals surface area contributed by atoms with Crippen LogP contribution in [-0.2, 0) is 14.1 Å². The number of rotatable bonds is 2. The molecule has 15 heavy (non-hydrogen) atoms. The number of nitrogens with zero attached hydrogens (tertiary/aromatic N) is 5. The quantitative estimate of drug-likeness (QED) is 0.651. The van der Waals surface area contributed by atoms with E-state index >= 15 is 0 Å². The third-order valence-electron chi connectivity index (χ3n) is 2.18. The Hall–Kier alpha value is -1.98. The molecule has 0 atom stereocenters. The van der Waals surface area contributed by atoms with Gasteiger partial charge in [-0.1, -0.05) is 0 Å². The van der Waals surface area contributed by atoms with Crippen LogP contribution in [0.5, 0.6) is 0 Å². The Bertz CT molecular complexity index is 491. The van der Waals surface area contributed by atoms with E-state index in [1.807, 2.05) is 6.92 Å². The molecule has 0 aliphatic rings. The van der Waals surface area contributed by atoms with Gasteiger partial charge in [0.25, 0.3) is 0 Å². The monoisotopic (exact) mass is 205 g/mol. The molecule has 0 aliphatic carbocycles. The number of hydrogen-bond donors (Lipinski definition) is 0. The summed E-state index contributed by atoms with van der Waals surface area (Å²) in [5.41, 5.74) is 1.65. The molecular weight excluding hydrogens is 194 g/mol. The SMILES string of the molecule is Cc1cc(C(=O)c2cnn(C)n2)nn1C. The fourth-order valence-electron chi connectivity index (χ4n) is 1.25. The van der Waals surface area contributed by atoms with Crippen molar-refractivity contribution in [3.63, 3.8) is 0 Å². The molecule has 0 spiro atoms. The topological polar surface area (TPSA) is 65.6 Å². The lowest BCUT2D eigenvalue weighted by Gasteiger charge is -1.90. The first-order valence-corrected chi connectivity index (χ1v) is 4.49. The molecule has 2 aromatic rings. The zero-order chi connectivity index (χ0) is 11.0. The van der Waals surface area contributed by atoms with Crippen LogP contribution in [0.3, 0.4) is 0 Å². The zero-order valence-corrected chi connectivity index (χ0v) is 8.80. The van der Waals surface area contributed by atoms with Gasteiger partial charge in [0.2, 0.25) is 5.78 Å². The molecule has 6 heteroatoms. The summed E-state index contributed by atoms with van der Waals surface area (Å²) in [7, 11) is 3.46. The Kier molecular flexibility index (Phi) is 2.11. The van der Waals surface area contributed by atoms with Gasteiger partial charge >= 0.3 is 0 Å². The van der Waals surface area contributed by atoms with Crippen molar-refractivity contribution in [1.29, 1.82) is 0 Å². The minimum Gasteiger partial charge on any atom is -0.285 e. The maximum absolute atomic E-state index is 11.8. The lowest BCUT2D eigenvalue weighted by Crippen LogP contribution is -2.05. The molecule has 0 amide bonds. The second kappa shape index (κ2) is 3.30. The van der Waals surface area contributed by atoms with Crippen LogP contribution in [0.15, 0.2) is 12.3 Å². The predicted molar refractivity (Wildman–Crippen MR) is 52.4 cm³/mol. The van der Waals surface area contributed by atoms with Crippen molar-refractivity contribution >= 4 is 5.78 Å². The number of carbonyl (C=O) groups is 1. The molecule has 0 N–H and O–H groups in total. The van der Waals surface area contributed by atoms with Crippen LogP contribution < -0.4 is 0 Å². The first kappa shape index (κ1) is 9.57. The molecule has 2 rings (SSSR count). The normalized spacial score (nSPS) is 10.6. The van der Waals surface area contributed by atoms with Gasteiger partial charge in [-0.2, -0.15) is 20.1 Å². The molecule has 78 valence electrons. The fourth-order valence-corrected chi connectivity index (χ4v) is 1.25. The van der Waals surface area contributed by atoms with Gasteiger partial charge < -0.3 is 0 Å². The van der Waals surface area contributed by atoms with Crippen LogP contribution in [0.25, 0.3) is 0 Å². The van der Waals surface area contributed by atoms with Crippen molar-refractivity contribution in [3.05, 3.63) is 29.3 Å². The van der Waals surface area contributed by atoms with Crippen LogP contribution in [0.2, 0.25) is 0 Å². The van der Waals surface area contributed by atoms with Gasteiger partial charge in [-0.05, 0) is 13.0 Å². The van der Waals surface area contributed by atoms with Crippen LogP contribution >= 0.6 is 0 Å². The molecule has 0 aliphatic heterocycles. The minimum absolute atomic E-state index is 0.202. The van der Waals surface area contributed by atoms with Crippen molar-refractivity contribution < 1.29 is 4.79 Å². The molecule has 0 unspecified atom stereocenters. The highest BCUT2D eigenvalue weighted by Gasteiger charge is 2.16. The van der Waals surface area contributed by atoms with Gasteiger partial charge in [-0.25, -0.2) is 0 Å². The summed E-state index contributed by atoms with van der Waals surface area (Å²) in [4.78, 5) is 13.2. The van der Waals surface area contributed by atoms with Gasteiger partial charge in [0, 0.05) is 19.8 Å².